The van der Waals surface area contributed by atoms with E-state index in [0.29, 0.717) is 30.0 Å². The number of carbonyl (C=O) groups is 2. The number of para-hydroxylation sites is 1. The second-order valence-electron chi connectivity index (χ2n) is 6.65. The Bertz CT molecular complexity index is 1050. The number of methoxy groups -OCH3 is 1. The number of nitrogens with one attached hydrogen (secondary N) is 3. The quantitative estimate of drug-likeness (QED) is 0.390. The zero-order chi connectivity index (χ0) is 22.1. The van der Waals surface area contributed by atoms with Gasteiger partial charge in [-0.1, -0.05) is 54.6 Å². The minimum Gasteiger partial charge on any atom is -0.383 e. The minimum atomic E-state index is -0.334. The number of carbonyl (C=O) groups excluding carboxylic acids is 2. The third-order valence-electron chi connectivity index (χ3n) is 4.49. The van der Waals surface area contributed by atoms with Crippen LogP contribution in [0.25, 0.3) is 11.1 Å². The number of ether oxygens (including phenoxy) is 1. The minimum absolute atomic E-state index is 0.106. The Kier molecular flexibility index (Phi) is 7.86. The largest absolute Gasteiger partial charge is 0.383 e. The van der Waals surface area contributed by atoms with Gasteiger partial charge in [-0.2, -0.15) is 0 Å². The van der Waals surface area contributed by atoms with Crippen LogP contribution in [-0.4, -0.2) is 37.2 Å². The van der Waals surface area contributed by atoms with E-state index in [4.69, 9.17) is 17.0 Å². The van der Waals surface area contributed by atoms with Crippen molar-refractivity contribution in [1.29, 1.82) is 0 Å². The molecule has 0 aliphatic rings. The first-order valence-corrected chi connectivity index (χ1v) is 10.1. The summed E-state index contributed by atoms with van der Waals surface area (Å²) in [5, 5.41) is 8.45. The lowest BCUT2D eigenvalue weighted by atomic mass is 10.0. The SMILES string of the molecule is COCCNC(=O)c1ccccc1NC(=S)NC(=O)c1ccc(-c2ccccc2)cc1. The summed E-state index contributed by atoms with van der Waals surface area (Å²) in [5.41, 5.74) is 3.50. The van der Waals surface area contributed by atoms with Crippen LogP contribution in [0, 0.1) is 0 Å². The lowest BCUT2D eigenvalue weighted by molar-refractivity contribution is 0.0937. The van der Waals surface area contributed by atoms with E-state index in [-0.39, 0.29) is 16.9 Å². The predicted octanol–water partition coefficient (Wildman–Crippen LogP) is 3.86. The van der Waals surface area contributed by atoms with Crippen LogP contribution in [0.1, 0.15) is 20.7 Å². The van der Waals surface area contributed by atoms with E-state index in [0.717, 1.165) is 11.1 Å². The molecule has 2 amide bonds. The highest BCUT2D eigenvalue weighted by Crippen LogP contribution is 2.19. The maximum atomic E-state index is 12.6. The molecule has 3 aromatic carbocycles. The molecule has 0 atom stereocenters. The number of thiocarbonyl (C=S) groups is 1. The van der Waals surface area contributed by atoms with Crippen LogP contribution < -0.4 is 16.0 Å². The number of benzene rings is 3. The lowest BCUT2D eigenvalue weighted by Gasteiger charge is -2.13. The molecule has 0 heterocycles. The molecule has 0 saturated heterocycles. The number of amides is 2. The maximum absolute atomic E-state index is 12.6. The van der Waals surface area contributed by atoms with E-state index in [1.165, 1.54) is 0 Å². The standard InChI is InChI=1S/C24H23N3O3S/c1-30-16-15-25-23(29)20-9-5-6-10-21(20)26-24(31)27-22(28)19-13-11-18(12-14-19)17-7-3-2-4-8-17/h2-14H,15-16H2,1H3,(H,25,29)(H2,26,27,28,31). The van der Waals surface area contributed by atoms with Gasteiger partial charge in [-0.15, -0.1) is 0 Å². The molecular weight excluding hydrogens is 410 g/mol. The molecule has 0 spiro atoms. The van der Waals surface area contributed by atoms with Crippen molar-refractivity contribution in [3.05, 3.63) is 90.0 Å². The summed E-state index contributed by atoms with van der Waals surface area (Å²) in [4.78, 5) is 24.9. The number of anilines is 1. The zero-order valence-electron chi connectivity index (χ0n) is 17.1. The molecule has 7 heteroatoms. The Morgan fingerprint density at radius 3 is 2.19 bits per heavy atom. The van der Waals surface area contributed by atoms with E-state index in [2.05, 4.69) is 16.0 Å². The van der Waals surface area contributed by atoms with Crippen molar-refractivity contribution in [2.24, 2.45) is 0 Å². The first kappa shape index (κ1) is 22.1. The van der Waals surface area contributed by atoms with Gasteiger partial charge in [0.25, 0.3) is 11.8 Å². The highest BCUT2D eigenvalue weighted by atomic mass is 32.1. The molecule has 0 aromatic heterocycles. The Labute approximate surface area is 186 Å². The summed E-state index contributed by atoms with van der Waals surface area (Å²) in [5.74, 6) is -0.593. The molecule has 0 bridgehead atoms. The van der Waals surface area contributed by atoms with Crippen LogP contribution in [0.2, 0.25) is 0 Å². The maximum Gasteiger partial charge on any atom is 0.257 e. The molecule has 0 fully saturated rings. The first-order chi connectivity index (χ1) is 15.1. The van der Waals surface area contributed by atoms with Gasteiger partial charge >= 0.3 is 0 Å². The fourth-order valence-electron chi connectivity index (χ4n) is 2.93. The van der Waals surface area contributed by atoms with Gasteiger partial charge in [0, 0.05) is 19.2 Å². The van der Waals surface area contributed by atoms with Gasteiger partial charge in [0.05, 0.1) is 17.9 Å². The topological polar surface area (TPSA) is 79.5 Å². The number of rotatable bonds is 7. The lowest BCUT2D eigenvalue weighted by Crippen LogP contribution is -2.35. The van der Waals surface area contributed by atoms with Crippen molar-refractivity contribution in [1.82, 2.24) is 10.6 Å². The molecule has 158 valence electrons. The van der Waals surface area contributed by atoms with Gasteiger partial charge in [0.15, 0.2) is 5.11 Å². The highest BCUT2D eigenvalue weighted by molar-refractivity contribution is 7.80. The van der Waals surface area contributed by atoms with Crippen molar-refractivity contribution < 1.29 is 14.3 Å². The van der Waals surface area contributed by atoms with E-state index in [1.807, 2.05) is 42.5 Å². The summed E-state index contributed by atoms with van der Waals surface area (Å²) in [6, 6.07) is 24.1. The van der Waals surface area contributed by atoms with Crippen molar-refractivity contribution in [2.45, 2.75) is 0 Å². The van der Waals surface area contributed by atoms with Crippen LogP contribution in [-0.2, 0) is 4.74 Å². The van der Waals surface area contributed by atoms with E-state index >= 15 is 0 Å². The van der Waals surface area contributed by atoms with E-state index in [9.17, 15) is 9.59 Å². The van der Waals surface area contributed by atoms with Crippen LogP contribution in [0.4, 0.5) is 5.69 Å². The van der Waals surface area contributed by atoms with Crippen LogP contribution >= 0.6 is 12.2 Å². The second kappa shape index (κ2) is 11.0. The summed E-state index contributed by atoms with van der Waals surface area (Å²) in [7, 11) is 1.57. The highest BCUT2D eigenvalue weighted by Gasteiger charge is 2.13. The molecule has 3 rings (SSSR count). The average Bonchev–Trinajstić information content (AvgIpc) is 2.80. The molecular formula is C24H23N3O3S. The fourth-order valence-corrected chi connectivity index (χ4v) is 3.13. The molecule has 0 unspecified atom stereocenters. The molecule has 0 aliphatic carbocycles. The van der Waals surface area contributed by atoms with Crippen LogP contribution in [0.5, 0.6) is 0 Å². The van der Waals surface area contributed by atoms with Gasteiger partial charge < -0.3 is 15.4 Å². The Hall–Kier alpha value is -3.55. The third kappa shape index (κ3) is 6.21. The number of hydrogen-bond donors (Lipinski definition) is 3. The third-order valence-corrected chi connectivity index (χ3v) is 4.70. The molecule has 0 saturated carbocycles. The fraction of sp³-hybridized carbons (Fsp3) is 0.125. The van der Waals surface area contributed by atoms with Gasteiger partial charge in [-0.3, -0.25) is 14.9 Å². The molecule has 0 radical (unpaired) electrons. The monoisotopic (exact) mass is 433 g/mol. The van der Waals surface area contributed by atoms with Crippen molar-refractivity contribution in [3.8, 4) is 11.1 Å². The van der Waals surface area contributed by atoms with Crippen molar-refractivity contribution >= 4 is 34.8 Å². The van der Waals surface area contributed by atoms with Gasteiger partial charge in [-0.25, -0.2) is 0 Å². The van der Waals surface area contributed by atoms with Crippen LogP contribution in [0.3, 0.4) is 0 Å². The molecule has 31 heavy (non-hydrogen) atoms. The van der Waals surface area contributed by atoms with Crippen molar-refractivity contribution in [2.75, 3.05) is 25.6 Å². The Morgan fingerprint density at radius 2 is 1.48 bits per heavy atom. The molecule has 0 aliphatic heterocycles. The Morgan fingerprint density at radius 1 is 0.839 bits per heavy atom. The van der Waals surface area contributed by atoms with Crippen LogP contribution in [0.15, 0.2) is 78.9 Å². The summed E-state index contributed by atoms with van der Waals surface area (Å²) in [6.07, 6.45) is 0. The molecule has 3 aromatic rings. The van der Waals surface area contributed by atoms with Gasteiger partial charge in [0.1, 0.15) is 0 Å². The normalized spacial score (nSPS) is 10.2. The van der Waals surface area contributed by atoms with E-state index in [1.54, 1.807) is 43.5 Å². The summed E-state index contributed by atoms with van der Waals surface area (Å²) in [6.45, 7) is 0.808. The van der Waals surface area contributed by atoms with E-state index < -0.39 is 0 Å². The number of hydrogen-bond acceptors (Lipinski definition) is 4. The Balaban J connectivity index is 1.62. The predicted molar refractivity (Wildman–Crippen MR) is 126 cm³/mol. The van der Waals surface area contributed by atoms with Crippen molar-refractivity contribution in [3.63, 3.8) is 0 Å². The second-order valence-corrected chi connectivity index (χ2v) is 7.05. The average molecular weight is 434 g/mol. The molecule has 6 nitrogen and oxygen atoms in total. The summed E-state index contributed by atoms with van der Waals surface area (Å²) >= 11 is 5.27. The summed E-state index contributed by atoms with van der Waals surface area (Å²) < 4.78 is 4.94. The van der Waals surface area contributed by atoms with Gasteiger partial charge in [-0.05, 0) is 47.6 Å². The van der Waals surface area contributed by atoms with Gasteiger partial charge in [0.2, 0.25) is 0 Å². The first-order valence-electron chi connectivity index (χ1n) is 9.72. The molecule has 3 N–H and O–H groups in total. The smallest absolute Gasteiger partial charge is 0.257 e. The zero-order valence-corrected chi connectivity index (χ0v) is 17.9.